The van der Waals surface area contributed by atoms with Crippen LogP contribution in [-0.2, 0) is 4.79 Å². The molecule has 0 aliphatic carbocycles. The van der Waals surface area contributed by atoms with Crippen molar-refractivity contribution in [1.29, 1.82) is 0 Å². The molecule has 19 heavy (non-hydrogen) atoms. The van der Waals surface area contributed by atoms with Crippen LogP contribution in [-0.4, -0.2) is 35.8 Å². The van der Waals surface area contributed by atoms with E-state index in [1.165, 1.54) is 0 Å². The summed E-state index contributed by atoms with van der Waals surface area (Å²) in [5.41, 5.74) is 3.59. The van der Waals surface area contributed by atoms with Crippen molar-refractivity contribution >= 4 is 12.2 Å². The summed E-state index contributed by atoms with van der Waals surface area (Å²) < 4.78 is 25.1. The topological polar surface area (TPSA) is 75.7 Å². The Kier molecular flexibility index (Phi) is 5.57. The molecule has 0 radical (unpaired) electrons. The Bertz CT molecular complexity index is 438. The minimum Gasteiger partial charge on any atom is -0.480 e. The Labute approximate surface area is 110 Å². The molecule has 0 aliphatic rings. The van der Waals surface area contributed by atoms with Crippen molar-refractivity contribution in [3.8, 4) is 0 Å². The second-order valence-corrected chi connectivity index (χ2v) is 4.20. The first-order valence-electron chi connectivity index (χ1n) is 5.82. The zero-order valence-electron chi connectivity index (χ0n) is 10.3. The van der Waals surface area contributed by atoms with Gasteiger partial charge >= 0.3 is 5.97 Å². The number of nitrogens with two attached hydrogens (primary N) is 1. The van der Waals surface area contributed by atoms with Gasteiger partial charge in [-0.25, -0.2) is 13.6 Å². The average molecular weight is 270 g/mol. The number of nitrogens with zero attached hydrogens (tertiary/aromatic N) is 1. The number of aliphatic carboxylic acids is 1. The van der Waals surface area contributed by atoms with Gasteiger partial charge in [0.25, 0.3) is 6.43 Å². The lowest BCUT2D eigenvalue weighted by molar-refractivity contribution is -0.150. The Balaban J connectivity index is 2.42. The fourth-order valence-electron chi connectivity index (χ4n) is 1.48. The number of halogens is 2. The zero-order valence-corrected chi connectivity index (χ0v) is 10.3. The Morgan fingerprint density at radius 2 is 2.05 bits per heavy atom. The number of carboxylic acids is 1. The molecule has 0 fully saturated rings. The molecule has 6 heteroatoms. The third-order valence-corrected chi connectivity index (χ3v) is 2.71. The van der Waals surface area contributed by atoms with E-state index in [9.17, 15) is 13.6 Å². The van der Waals surface area contributed by atoms with Crippen LogP contribution < -0.4 is 5.73 Å². The minimum atomic E-state index is -3.09. The summed E-state index contributed by atoms with van der Waals surface area (Å²) in [6.45, 7) is 0.258. The maximum atomic E-state index is 12.6. The highest BCUT2D eigenvalue weighted by Gasteiger charge is 2.43. The van der Waals surface area contributed by atoms with E-state index >= 15 is 0 Å². The molecule has 1 atom stereocenters. The molecule has 0 aromatic heterocycles. The number of hydrogen-bond donors (Lipinski definition) is 2. The maximum absolute atomic E-state index is 12.6. The van der Waals surface area contributed by atoms with Crippen LogP contribution in [0.4, 0.5) is 8.78 Å². The number of carboxylic acid groups (broad SMARTS) is 1. The Morgan fingerprint density at radius 3 is 2.58 bits per heavy atom. The van der Waals surface area contributed by atoms with E-state index in [1.807, 2.05) is 30.3 Å². The summed E-state index contributed by atoms with van der Waals surface area (Å²) >= 11 is 0. The molecule has 0 bridgehead atoms. The van der Waals surface area contributed by atoms with Gasteiger partial charge in [-0.15, -0.1) is 0 Å². The first kappa shape index (κ1) is 15.2. The van der Waals surface area contributed by atoms with Crippen molar-refractivity contribution in [2.24, 2.45) is 10.7 Å². The van der Waals surface area contributed by atoms with E-state index < -0.39 is 17.9 Å². The monoisotopic (exact) mass is 270 g/mol. The molecule has 4 nitrogen and oxygen atoms in total. The highest BCUT2D eigenvalue weighted by molar-refractivity contribution is 5.79. The van der Waals surface area contributed by atoms with E-state index in [2.05, 4.69) is 4.99 Å². The predicted molar refractivity (Wildman–Crippen MR) is 68.7 cm³/mol. The summed E-state index contributed by atoms with van der Waals surface area (Å²) in [4.78, 5) is 14.7. The predicted octanol–water partition coefficient (Wildman–Crippen LogP) is 1.93. The number of rotatable bonds is 7. The summed E-state index contributed by atoms with van der Waals surface area (Å²) in [5.74, 6) is -1.69. The van der Waals surface area contributed by atoms with Crippen LogP contribution in [0.1, 0.15) is 18.4 Å². The normalized spacial score (nSPS) is 14.7. The number of benzene rings is 1. The van der Waals surface area contributed by atoms with Gasteiger partial charge in [0.15, 0.2) is 5.54 Å². The molecule has 0 amide bonds. The van der Waals surface area contributed by atoms with E-state index in [4.69, 9.17) is 10.8 Å². The van der Waals surface area contributed by atoms with Gasteiger partial charge in [-0.05, 0) is 18.4 Å². The fraction of sp³-hybridized carbons (Fsp3) is 0.385. The van der Waals surface area contributed by atoms with Gasteiger partial charge in [0.1, 0.15) is 0 Å². The second-order valence-electron chi connectivity index (χ2n) is 4.20. The van der Waals surface area contributed by atoms with E-state index in [1.54, 1.807) is 6.21 Å². The summed E-state index contributed by atoms with van der Waals surface area (Å²) in [6, 6.07) is 9.29. The molecule has 3 N–H and O–H groups in total. The van der Waals surface area contributed by atoms with Gasteiger partial charge < -0.3 is 10.8 Å². The van der Waals surface area contributed by atoms with Crippen molar-refractivity contribution < 1.29 is 18.7 Å². The first-order valence-corrected chi connectivity index (χ1v) is 5.82. The van der Waals surface area contributed by atoms with Crippen molar-refractivity contribution in [2.75, 3.05) is 6.54 Å². The van der Waals surface area contributed by atoms with E-state index in [0.29, 0.717) is 0 Å². The third-order valence-electron chi connectivity index (χ3n) is 2.71. The molecule has 0 heterocycles. The largest absolute Gasteiger partial charge is 0.480 e. The molecule has 1 aromatic rings. The summed E-state index contributed by atoms with van der Waals surface area (Å²) in [5, 5.41) is 8.69. The Morgan fingerprint density at radius 1 is 1.42 bits per heavy atom. The highest BCUT2D eigenvalue weighted by atomic mass is 19.3. The van der Waals surface area contributed by atoms with Gasteiger partial charge in [-0.1, -0.05) is 30.3 Å². The third kappa shape index (κ3) is 4.40. The van der Waals surface area contributed by atoms with Gasteiger partial charge in [-0.3, -0.25) is 4.99 Å². The lowest BCUT2D eigenvalue weighted by Gasteiger charge is -2.22. The van der Waals surface area contributed by atoms with Crippen molar-refractivity contribution in [3.63, 3.8) is 0 Å². The van der Waals surface area contributed by atoms with Gasteiger partial charge in [0.2, 0.25) is 0 Å². The van der Waals surface area contributed by atoms with Crippen LogP contribution in [0.25, 0.3) is 0 Å². The average Bonchev–Trinajstić information content (AvgIpc) is 2.38. The molecule has 1 aromatic carbocycles. The second kappa shape index (κ2) is 6.94. The van der Waals surface area contributed by atoms with Crippen LogP contribution in [0.5, 0.6) is 0 Å². The molecule has 0 saturated heterocycles. The van der Waals surface area contributed by atoms with Crippen molar-refractivity contribution in [3.05, 3.63) is 35.9 Å². The number of carbonyl (C=O) groups is 1. The molecular formula is C13H16F2N2O2. The Hall–Kier alpha value is -1.82. The quantitative estimate of drug-likeness (QED) is 0.587. The van der Waals surface area contributed by atoms with Crippen LogP contribution in [0.2, 0.25) is 0 Å². The summed E-state index contributed by atoms with van der Waals surface area (Å²) in [7, 11) is 0. The zero-order chi connectivity index (χ0) is 14.3. The van der Waals surface area contributed by atoms with E-state index in [-0.39, 0.29) is 19.4 Å². The molecule has 0 saturated carbocycles. The molecule has 0 spiro atoms. The van der Waals surface area contributed by atoms with Crippen molar-refractivity contribution in [2.45, 2.75) is 24.8 Å². The maximum Gasteiger partial charge on any atom is 0.329 e. The fourth-order valence-corrected chi connectivity index (χ4v) is 1.48. The first-order chi connectivity index (χ1) is 8.97. The van der Waals surface area contributed by atoms with Gasteiger partial charge in [-0.2, -0.15) is 0 Å². The van der Waals surface area contributed by atoms with Crippen LogP contribution in [0, 0.1) is 0 Å². The van der Waals surface area contributed by atoms with Crippen LogP contribution in [0.15, 0.2) is 35.3 Å². The lowest BCUT2D eigenvalue weighted by Crippen LogP contribution is -2.54. The molecule has 1 unspecified atom stereocenters. The van der Waals surface area contributed by atoms with E-state index in [0.717, 1.165) is 5.56 Å². The molecule has 104 valence electrons. The SMILES string of the molecule is NC(CCC/N=C/c1ccccc1)(C(=O)O)C(F)F. The number of alkyl halides is 2. The standard InChI is InChI=1S/C13H16F2N2O2/c14-11(15)13(16,12(18)19)7-4-8-17-9-10-5-2-1-3-6-10/h1-3,5-6,9,11H,4,7-8,16H2,(H,18,19)/b17-9+. The number of aliphatic imine (C=N–C) groups is 1. The lowest BCUT2D eigenvalue weighted by atomic mass is 9.95. The highest BCUT2D eigenvalue weighted by Crippen LogP contribution is 2.19. The van der Waals surface area contributed by atoms with Crippen molar-refractivity contribution in [1.82, 2.24) is 0 Å². The van der Waals surface area contributed by atoms with Crippen LogP contribution >= 0.6 is 0 Å². The minimum absolute atomic E-state index is 0.191. The van der Waals surface area contributed by atoms with Gasteiger partial charge in [0, 0.05) is 12.8 Å². The molecular weight excluding hydrogens is 254 g/mol. The summed E-state index contributed by atoms with van der Waals surface area (Å²) in [6.07, 6.45) is -1.60. The number of hydrogen-bond acceptors (Lipinski definition) is 3. The smallest absolute Gasteiger partial charge is 0.329 e. The van der Waals surface area contributed by atoms with Gasteiger partial charge in [0.05, 0.1) is 0 Å². The van der Waals surface area contributed by atoms with Crippen LogP contribution in [0.3, 0.4) is 0 Å². The molecule has 0 aliphatic heterocycles. The molecule has 1 rings (SSSR count).